The maximum Gasteiger partial charge on any atom is 0.166 e. The summed E-state index contributed by atoms with van der Waals surface area (Å²) in [5.41, 5.74) is 12.8. The Bertz CT molecular complexity index is 466. The van der Waals surface area contributed by atoms with Crippen molar-refractivity contribution in [3.63, 3.8) is 0 Å². The molecule has 0 aliphatic rings. The molecule has 0 unspecified atom stereocenters. The number of hydrogen-bond acceptors (Lipinski definition) is 4. The number of halogens is 2. The number of nitrogens with zero attached hydrogens (tertiary/aromatic N) is 2. The summed E-state index contributed by atoms with van der Waals surface area (Å²) >= 11 is 4.40. The molecule has 0 aliphatic heterocycles. The lowest BCUT2D eigenvalue weighted by Crippen LogP contribution is -2.02. The normalized spacial score (nSPS) is 10.7. The van der Waals surface area contributed by atoms with Crippen LogP contribution >= 0.6 is 45.2 Å². The van der Waals surface area contributed by atoms with Gasteiger partial charge in [-0.2, -0.15) is 0 Å². The Labute approximate surface area is 108 Å². The molecule has 1 aromatic carbocycles. The first-order chi connectivity index (χ1) is 6.59. The molecule has 0 aliphatic carbocycles. The number of fused-ring (bicyclic) bond motifs is 1. The van der Waals surface area contributed by atoms with Gasteiger partial charge < -0.3 is 11.5 Å². The first-order valence-electron chi connectivity index (χ1n) is 3.76. The van der Waals surface area contributed by atoms with Crippen LogP contribution in [0.15, 0.2) is 12.1 Å². The van der Waals surface area contributed by atoms with Crippen LogP contribution in [0.3, 0.4) is 0 Å². The summed E-state index contributed by atoms with van der Waals surface area (Å²) in [5.74, 6) is 0.579. The van der Waals surface area contributed by atoms with Crippen molar-refractivity contribution in [1.82, 2.24) is 9.97 Å². The van der Waals surface area contributed by atoms with Crippen molar-refractivity contribution in [1.29, 1.82) is 0 Å². The summed E-state index contributed by atoms with van der Waals surface area (Å²) in [5, 5.41) is 0. The molecule has 72 valence electrons. The summed E-state index contributed by atoms with van der Waals surface area (Å²) in [4.78, 5) is 8.43. The Morgan fingerprint density at radius 2 is 1.21 bits per heavy atom. The summed E-state index contributed by atoms with van der Waals surface area (Å²) < 4.78 is 2.05. The molecule has 2 rings (SSSR count). The van der Waals surface area contributed by atoms with Crippen LogP contribution in [-0.2, 0) is 0 Å². The van der Waals surface area contributed by atoms with Crippen molar-refractivity contribution >= 4 is 67.9 Å². The van der Waals surface area contributed by atoms with E-state index in [-0.39, 0.29) is 11.6 Å². The second kappa shape index (κ2) is 3.65. The van der Waals surface area contributed by atoms with E-state index in [1.165, 1.54) is 0 Å². The zero-order valence-corrected chi connectivity index (χ0v) is 11.3. The largest absolute Gasteiger partial charge is 0.381 e. The van der Waals surface area contributed by atoms with Crippen LogP contribution in [0, 0.1) is 7.14 Å². The zero-order chi connectivity index (χ0) is 10.3. The Kier molecular flexibility index (Phi) is 2.64. The second-order valence-electron chi connectivity index (χ2n) is 2.72. The number of nitrogen functional groups attached to an aromatic ring is 2. The highest BCUT2D eigenvalue weighted by Crippen LogP contribution is 2.24. The molecule has 0 saturated heterocycles. The van der Waals surface area contributed by atoms with E-state index in [0.29, 0.717) is 0 Å². The number of nitrogens with two attached hydrogens (primary N) is 2. The Hall–Kier alpha value is -0.380. The number of benzene rings is 1. The second-order valence-corrected chi connectivity index (χ2v) is 5.04. The van der Waals surface area contributed by atoms with Crippen molar-refractivity contribution in [3.8, 4) is 0 Å². The lowest BCUT2D eigenvalue weighted by Gasteiger charge is -2.04. The average molecular weight is 412 g/mol. The monoisotopic (exact) mass is 412 g/mol. The number of hydrogen-bond donors (Lipinski definition) is 2. The maximum absolute atomic E-state index is 5.60. The molecule has 6 heteroatoms. The van der Waals surface area contributed by atoms with Gasteiger partial charge in [-0.05, 0) is 57.3 Å². The lowest BCUT2D eigenvalue weighted by atomic mass is 10.3. The molecule has 0 atom stereocenters. The summed E-state index contributed by atoms with van der Waals surface area (Å²) in [6.07, 6.45) is 0. The fourth-order valence-electron chi connectivity index (χ4n) is 1.10. The van der Waals surface area contributed by atoms with Crippen molar-refractivity contribution in [2.45, 2.75) is 0 Å². The quantitative estimate of drug-likeness (QED) is 0.650. The van der Waals surface area contributed by atoms with Gasteiger partial charge in [-0.1, -0.05) is 0 Å². The van der Waals surface area contributed by atoms with Gasteiger partial charge in [0.1, 0.15) is 11.0 Å². The van der Waals surface area contributed by atoms with E-state index >= 15 is 0 Å². The van der Waals surface area contributed by atoms with Crippen LogP contribution in [0.4, 0.5) is 11.6 Å². The number of aromatic nitrogens is 2. The summed E-state index contributed by atoms with van der Waals surface area (Å²) in [6, 6.07) is 3.96. The van der Waals surface area contributed by atoms with Gasteiger partial charge in [0.05, 0.1) is 0 Å². The van der Waals surface area contributed by atoms with Gasteiger partial charge in [-0.15, -0.1) is 0 Å². The van der Waals surface area contributed by atoms with Gasteiger partial charge in [0.15, 0.2) is 11.6 Å². The third-order valence-electron chi connectivity index (χ3n) is 1.78. The van der Waals surface area contributed by atoms with Gasteiger partial charge in [-0.25, -0.2) is 9.97 Å². The molecule has 4 nitrogen and oxygen atoms in total. The highest BCUT2D eigenvalue weighted by atomic mass is 127. The number of rotatable bonds is 0. The molecule has 0 spiro atoms. The van der Waals surface area contributed by atoms with E-state index in [1.807, 2.05) is 12.1 Å². The van der Waals surface area contributed by atoms with Crippen LogP contribution in [0.1, 0.15) is 0 Å². The third-order valence-corrected chi connectivity index (χ3v) is 3.52. The minimum atomic E-state index is 0.289. The zero-order valence-electron chi connectivity index (χ0n) is 6.96. The Morgan fingerprint density at radius 3 is 1.57 bits per heavy atom. The van der Waals surface area contributed by atoms with E-state index in [2.05, 4.69) is 55.1 Å². The highest BCUT2D eigenvalue weighted by Gasteiger charge is 2.08. The minimum Gasteiger partial charge on any atom is -0.381 e. The SMILES string of the molecule is Nc1nc2c(I)ccc(I)c2nc1N. The molecule has 0 radical (unpaired) electrons. The van der Waals surface area contributed by atoms with Crippen molar-refractivity contribution in [2.24, 2.45) is 0 Å². The molecule has 1 aromatic heterocycles. The first kappa shape index (κ1) is 10.1. The summed E-state index contributed by atoms with van der Waals surface area (Å²) in [7, 11) is 0. The fourth-order valence-corrected chi connectivity index (χ4v) is 2.21. The molecule has 0 fully saturated rings. The molecule has 1 heterocycles. The van der Waals surface area contributed by atoms with Crippen LogP contribution in [-0.4, -0.2) is 9.97 Å². The van der Waals surface area contributed by atoms with E-state index in [1.54, 1.807) is 0 Å². The molecule has 0 amide bonds. The van der Waals surface area contributed by atoms with Gasteiger partial charge >= 0.3 is 0 Å². The Morgan fingerprint density at radius 1 is 0.857 bits per heavy atom. The van der Waals surface area contributed by atoms with Gasteiger partial charge in [0, 0.05) is 7.14 Å². The lowest BCUT2D eigenvalue weighted by molar-refractivity contribution is 1.29. The fraction of sp³-hybridized carbons (Fsp3) is 0. The molecular formula is C8H6I2N4. The smallest absolute Gasteiger partial charge is 0.166 e. The highest BCUT2D eigenvalue weighted by molar-refractivity contribution is 14.1. The molecular weight excluding hydrogens is 406 g/mol. The Balaban J connectivity index is 2.94. The van der Waals surface area contributed by atoms with Crippen molar-refractivity contribution in [2.75, 3.05) is 11.5 Å². The standard InChI is InChI=1S/C8H6I2N4/c9-3-1-2-4(10)6-5(3)13-7(11)8(12)14-6/h1-2H,(H2,11,13)(H2,12,14). The molecule has 2 aromatic rings. The van der Waals surface area contributed by atoms with E-state index in [4.69, 9.17) is 11.5 Å². The molecule has 14 heavy (non-hydrogen) atoms. The van der Waals surface area contributed by atoms with E-state index in [0.717, 1.165) is 18.2 Å². The number of anilines is 2. The topological polar surface area (TPSA) is 77.8 Å². The third kappa shape index (κ3) is 1.60. The van der Waals surface area contributed by atoms with Gasteiger partial charge in [0.25, 0.3) is 0 Å². The summed E-state index contributed by atoms with van der Waals surface area (Å²) in [6.45, 7) is 0. The molecule has 4 N–H and O–H groups in total. The van der Waals surface area contributed by atoms with Crippen LogP contribution in [0.2, 0.25) is 0 Å². The van der Waals surface area contributed by atoms with E-state index in [9.17, 15) is 0 Å². The minimum absolute atomic E-state index is 0.289. The van der Waals surface area contributed by atoms with Crippen LogP contribution in [0.25, 0.3) is 11.0 Å². The first-order valence-corrected chi connectivity index (χ1v) is 5.92. The maximum atomic E-state index is 5.60. The predicted octanol–water partition coefficient (Wildman–Crippen LogP) is 2.00. The molecule has 0 saturated carbocycles. The van der Waals surface area contributed by atoms with Gasteiger partial charge in [0.2, 0.25) is 0 Å². The van der Waals surface area contributed by atoms with E-state index < -0.39 is 0 Å². The van der Waals surface area contributed by atoms with Crippen molar-refractivity contribution in [3.05, 3.63) is 19.3 Å². The predicted molar refractivity (Wildman–Crippen MR) is 73.8 cm³/mol. The van der Waals surface area contributed by atoms with Crippen LogP contribution in [0.5, 0.6) is 0 Å². The van der Waals surface area contributed by atoms with Crippen LogP contribution < -0.4 is 11.5 Å². The van der Waals surface area contributed by atoms with Crippen molar-refractivity contribution < 1.29 is 0 Å². The average Bonchev–Trinajstić information content (AvgIpc) is 2.15. The molecule has 0 bridgehead atoms. The van der Waals surface area contributed by atoms with Gasteiger partial charge in [-0.3, -0.25) is 0 Å².